The van der Waals surface area contributed by atoms with E-state index in [4.69, 9.17) is 5.26 Å². The summed E-state index contributed by atoms with van der Waals surface area (Å²) in [5.74, 6) is -0.582. The van der Waals surface area contributed by atoms with Gasteiger partial charge < -0.3 is 10.2 Å². The topological polar surface area (TPSA) is 165 Å². The largest absolute Gasteiger partial charge is 0.516 e. The fourth-order valence-corrected chi connectivity index (χ4v) is 5.92. The molecule has 0 saturated carbocycles. The molecule has 0 bridgehead atoms. The van der Waals surface area contributed by atoms with Gasteiger partial charge in [0, 0.05) is 37.6 Å². The van der Waals surface area contributed by atoms with Crippen LogP contribution in [0.1, 0.15) is 21.7 Å². The second-order valence-electron chi connectivity index (χ2n) is 8.77. The third-order valence-electron chi connectivity index (χ3n) is 5.95. The van der Waals surface area contributed by atoms with Gasteiger partial charge in [-0.1, -0.05) is 12.1 Å². The third-order valence-corrected chi connectivity index (χ3v) is 8.96. The zero-order chi connectivity index (χ0) is 30.0. The first-order valence-electron chi connectivity index (χ1n) is 11.8. The Labute approximate surface area is 233 Å². The second kappa shape index (κ2) is 11.3. The van der Waals surface area contributed by atoms with Crippen molar-refractivity contribution >= 4 is 43.3 Å². The molecular weight excluding hydrogens is 587 g/mol. The molecule has 2 heterocycles. The van der Waals surface area contributed by atoms with Crippen molar-refractivity contribution in [3.8, 4) is 6.07 Å². The lowest BCUT2D eigenvalue weighted by Crippen LogP contribution is -2.49. The van der Waals surface area contributed by atoms with Crippen LogP contribution in [0, 0.1) is 18.3 Å². The van der Waals surface area contributed by atoms with Gasteiger partial charge in [0.15, 0.2) is 0 Å². The Balaban J connectivity index is 1.43. The number of para-hydroxylation sites is 1. The van der Waals surface area contributed by atoms with Gasteiger partial charge in [0.1, 0.15) is 11.8 Å². The van der Waals surface area contributed by atoms with Gasteiger partial charge in [-0.05, 0) is 49.4 Å². The van der Waals surface area contributed by atoms with E-state index in [1.165, 1.54) is 45.4 Å². The minimum atomic E-state index is -5.76. The van der Waals surface area contributed by atoms with Crippen molar-refractivity contribution in [2.75, 3.05) is 41.1 Å². The van der Waals surface area contributed by atoms with E-state index in [-0.39, 0.29) is 34.9 Å². The number of nitrogens with zero attached hydrogens (tertiary/aromatic N) is 5. The molecule has 0 aliphatic carbocycles. The van der Waals surface area contributed by atoms with E-state index in [0.29, 0.717) is 24.7 Å². The predicted molar refractivity (Wildman–Crippen MR) is 142 cm³/mol. The van der Waals surface area contributed by atoms with Crippen LogP contribution in [0.15, 0.2) is 59.5 Å². The average Bonchev–Trinajstić information content (AvgIpc) is 2.92. The second-order valence-corrected chi connectivity index (χ2v) is 12.4. The number of alkyl halides is 3. The van der Waals surface area contributed by atoms with E-state index in [2.05, 4.69) is 15.3 Å². The lowest BCUT2D eigenvalue weighted by Gasteiger charge is -2.34. The number of aryl methyl sites for hydroxylation is 1. The number of aromatic nitrogens is 2. The van der Waals surface area contributed by atoms with Crippen molar-refractivity contribution in [2.45, 2.75) is 17.3 Å². The lowest BCUT2D eigenvalue weighted by atomic mass is 10.1. The van der Waals surface area contributed by atoms with E-state index in [0.717, 1.165) is 12.1 Å². The Bertz CT molecular complexity index is 1720. The maximum Gasteiger partial charge on any atom is 0.516 e. The molecule has 3 aromatic rings. The first-order valence-corrected chi connectivity index (χ1v) is 14.7. The van der Waals surface area contributed by atoms with Crippen molar-refractivity contribution in [1.82, 2.24) is 14.3 Å². The number of benzene rings is 2. The van der Waals surface area contributed by atoms with Crippen LogP contribution in [0.3, 0.4) is 0 Å². The zero-order valence-electron chi connectivity index (χ0n) is 21.3. The maximum atomic E-state index is 13.2. The van der Waals surface area contributed by atoms with Crippen molar-refractivity contribution in [2.24, 2.45) is 0 Å². The summed E-state index contributed by atoms with van der Waals surface area (Å²) in [5, 5.41) is 11.5. The van der Waals surface area contributed by atoms with Crippen LogP contribution in [0.5, 0.6) is 0 Å². The number of nitriles is 1. The molecular formula is C24H22F3N7O5S2. The van der Waals surface area contributed by atoms with E-state index < -0.39 is 37.1 Å². The normalized spacial score (nSPS) is 14.8. The maximum absolute atomic E-state index is 13.2. The lowest BCUT2D eigenvalue weighted by molar-refractivity contribution is -0.0429. The number of hydrogen-bond donors (Lipinski definition) is 2. The minimum absolute atomic E-state index is 0.0548. The number of carbonyl (C=O) groups excluding carboxylic acids is 1. The van der Waals surface area contributed by atoms with Gasteiger partial charge in [0.2, 0.25) is 16.0 Å². The first-order chi connectivity index (χ1) is 19.2. The Morgan fingerprint density at radius 3 is 2.22 bits per heavy atom. The monoisotopic (exact) mass is 609 g/mol. The van der Waals surface area contributed by atoms with Crippen molar-refractivity contribution in [3.05, 3.63) is 71.5 Å². The van der Waals surface area contributed by atoms with Gasteiger partial charge in [-0.3, -0.25) is 9.52 Å². The summed E-state index contributed by atoms with van der Waals surface area (Å²) in [6.07, 6.45) is 0. The smallest absolute Gasteiger partial charge is 0.338 e. The molecule has 0 spiro atoms. The van der Waals surface area contributed by atoms with E-state index >= 15 is 0 Å². The molecule has 12 nitrogen and oxygen atoms in total. The van der Waals surface area contributed by atoms with Crippen molar-refractivity contribution in [1.29, 1.82) is 5.26 Å². The van der Waals surface area contributed by atoms with E-state index in [1.807, 2.05) is 6.07 Å². The number of piperazine rings is 1. The molecule has 1 saturated heterocycles. The Hall–Kier alpha value is -4.27. The highest BCUT2D eigenvalue weighted by atomic mass is 32.2. The molecule has 2 aromatic carbocycles. The number of amides is 1. The van der Waals surface area contributed by atoms with Gasteiger partial charge in [-0.25, -0.2) is 18.4 Å². The van der Waals surface area contributed by atoms with Crippen molar-refractivity contribution in [3.63, 3.8) is 0 Å². The average molecular weight is 610 g/mol. The molecule has 1 aliphatic heterocycles. The molecule has 41 heavy (non-hydrogen) atoms. The molecule has 1 aromatic heterocycles. The van der Waals surface area contributed by atoms with Crippen LogP contribution in [-0.4, -0.2) is 68.7 Å². The van der Waals surface area contributed by atoms with Crippen LogP contribution < -0.4 is 14.9 Å². The van der Waals surface area contributed by atoms with Crippen molar-refractivity contribution < 1.29 is 34.8 Å². The number of sulfonamides is 2. The van der Waals surface area contributed by atoms with E-state index in [1.54, 1.807) is 17.9 Å². The molecule has 1 amide bonds. The number of carbonyl (C=O) groups is 1. The quantitative estimate of drug-likeness (QED) is 0.410. The molecule has 17 heteroatoms. The summed E-state index contributed by atoms with van der Waals surface area (Å²) in [5.41, 5.74) is -5.60. The SMILES string of the molecule is Cc1cc(C#N)nc(N2CCN(S(=O)(=O)c3ccc(NC(=O)c4ccccc4NS(=O)(=O)C(F)(F)F)cc3)CC2)n1. The summed E-state index contributed by atoms with van der Waals surface area (Å²) in [6, 6.07) is 13.4. The highest BCUT2D eigenvalue weighted by molar-refractivity contribution is 7.93. The zero-order valence-corrected chi connectivity index (χ0v) is 22.9. The van der Waals surface area contributed by atoms with Gasteiger partial charge in [-0.15, -0.1) is 0 Å². The molecule has 4 rings (SSSR count). The highest BCUT2D eigenvalue weighted by Gasteiger charge is 2.46. The van der Waals surface area contributed by atoms with Crippen LogP contribution in [0.4, 0.5) is 30.5 Å². The Morgan fingerprint density at radius 1 is 0.976 bits per heavy atom. The van der Waals surface area contributed by atoms with Gasteiger partial charge in [0.25, 0.3) is 5.91 Å². The first kappa shape index (κ1) is 29.7. The number of anilines is 3. The van der Waals surface area contributed by atoms with Crippen LogP contribution in [-0.2, 0) is 20.0 Å². The fraction of sp³-hybridized carbons (Fsp3) is 0.250. The molecule has 0 radical (unpaired) electrons. The fourth-order valence-electron chi connectivity index (χ4n) is 3.91. The molecule has 0 atom stereocenters. The third kappa shape index (κ3) is 6.56. The molecule has 1 aliphatic rings. The van der Waals surface area contributed by atoms with Crippen LogP contribution in [0.2, 0.25) is 0 Å². The minimum Gasteiger partial charge on any atom is -0.338 e. The molecule has 0 unspecified atom stereocenters. The molecule has 2 N–H and O–H groups in total. The number of nitrogens with one attached hydrogen (secondary N) is 2. The Kier molecular flexibility index (Phi) is 8.19. The number of halogens is 3. The van der Waals surface area contributed by atoms with Gasteiger partial charge in [-0.2, -0.15) is 31.2 Å². The summed E-state index contributed by atoms with van der Waals surface area (Å²) in [4.78, 5) is 22.9. The predicted octanol–water partition coefficient (Wildman–Crippen LogP) is 2.68. The summed E-state index contributed by atoms with van der Waals surface area (Å²) in [6.45, 7) is 2.57. The Morgan fingerprint density at radius 2 is 1.61 bits per heavy atom. The standard InChI is InChI=1S/C24H22F3N7O5S2/c1-16-14-18(15-28)31-23(29-16)33-10-12-34(13-11-33)40(36,37)19-8-6-17(7-9-19)30-22(35)20-4-2-3-5-21(20)32-41(38,39)24(25,26)27/h2-9,14,32H,10-13H2,1H3,(H,30,35). The van der Waals surface area contributed by atoms with Gasteiger partial charge in [0.05, 0.1) is 16.1 Å². The van der Waals surface area contributed by atoms with Gasteiger partial charge >= 0.3 is 15.5 Å². The molecule has 216 valence electrons. The van der Waals surface area contributed by atoms with Crippen LogP contribution in [0.25, 0.3) is 0 Å². The summed E-state index contributed by atoms with van der Waals surface area (Å²) in [7, 11) is -9.67. The van der Waals surface area contributed by atoms with E-state index in [9.17, 15) is 34.8 Å². The number of hydrogen-bond acceptors (Lipinski definition) is 9. The summed E-state index contributed by atoms with van der Waals surface area (Å²) >= 11 is 0. The van der Waals surface area contributed by atoms with Crippen LogP contribution >= 0.6 is 0 Å². The number of rotatable bonds is 7. The molecule has 1 fully saturated rings. The highest BCUT2D eigenvalue weighted by Crippen LogP contribution is 2.28. The summed E-state index contributed by atoms with van der Waals surface area (Å²) < 4.78 is 90.4.